The highest BCUT2D eigenvalue weighted by atomic mass is 35.5. The highest BCUT2D eigenvalue weighted by Crippen LogP contribution is 2.32. The van der Waals surface area contributed by atoms with Crippen LogP contribution in [0.5, 0.6) is 0 Å². The molecule has 2 amide bonds. The molecule has 2 N–H and O–H groups in total. The van der Waals surface area contributed by atoms with Gasteiger partial charge in [0.05, 0.1) is 5.92 Å². The Labute approximate surface area is 188 Å². The van der Waals surface area contributed by atoms with Crippen LogP contribution >= 0.6 is 23.2 Å². The van der Waals surface area contributed by atoms with Gasteiger partial charge in [0.1, 0.15) is 0 Å². The third kappa shape index (κ3) is 6.75. The molecule has 4 nitrogen and oxygen atoms in total. The summed E-state index contributed by atoms with van der Waals surface area (Å²) in [6, 6.07) is 13.1. The Morgan fingerprint density at radius 2 is 1.90 bits per heavy atom. The number of hydrogen-bond acceptors (Lipinski definition) is 2. The molecule has 0 fully saturated rings. The van der Waals surface area contributed by atoms with Crippen LogP contribution in [-0.2, 0) is 9.59 Å². The Morgan fingerprint density at radius 1 is 1.17 bits per heavy atom. The van der Waals surface area contributed by atoms with Crippen molar-refractivity contribution in [2.45, 2.75) is 26.7 Å². The molecular weight excluding hydrogens is 419 g/mol. The van der Waals surface area contributed by atoms with Crippen molar-refractivity contribution >= 4 is 46.8 Å². The van der Waals surface area contributed by atoms with Crippen LogP contribution in [0.4, 0.5) is 5.69 Å². The van der Waals surface area contributed by atoms with E-state index in [2.05, 4.69) is 17.2 Å². The number of carbonyl (C=O) groups excluding carboxylic acids is 2. The fourth-order valence-corrected chi connectivity index (χ4v) is 3.62. The van der Waals surface area contributed by atoms with E-state index in [9.17, 15) is 9.59 Å². The van der Waals surface area contributed by atoms with E-state index in [1.165, 1.54) is 5.56 Å². The van der Waals surface area contributed by atoms with Gasteiger partial charge in [0.15, 0.2) is 0 Å². The van der Waals surface area contributed by atoms with Gasteiger partial charge in [-0.25, -0.2) is 0 Å². The van der Waals surface area contributed by atoms with Crippen LogP contribution < -0.4 is 10.6 Å². The number of fused-ring (bicyclic) bond motifs is 2. The van der Waals surface area contributed by atoms with Gasteiger partial charge in [-0.2, -0.15) is 0 Å². The Balaban J connectivity index is 0.000000335. The maximum Gasteiger partial charge on any atom is 0.235 e. The third-order valence-electron chi connectivity index (χ3n) is 4.66. The van der Waals surface area contributed by atoms with Gasteiger partial charge in [-0.3, -0.25) is 9.59 Å². The predicted molar refractivity (Wildman–Crippen MR) is 126 cm³/mol. The van der Waals surface area contributed by atoms with E-state index in [0.29, 0.717) is 17.1 Å². The molecule has 0 radical (unpaired) electrons. The molecule has 2 aromatic carbocycles. The van der Waals surface area contributed by atoms with Gasteiger partial charge >= 0.3 is 0 Å². The molecule has 1 aliphatic heterocycles. The first-order chi connectivity index (χ1) is 14.2. The van der Waals surface area contributed by atoms with Crippen molar-refractivity contribution in [1.29, 1.82) is 0 Å². The fourth-order valence-electron chi connectivity index (χ4n) is 3.13. The molecule has 1 aliphatic rings. The number of aryl methyl sites for hydroxylation is 1. The minimum absolute atomic E-state index is 0.143. The smallest absolute Gasteiger partial charge is 0.235 e. The first kappa shape index (κ1) is 23.7. The summed E-state index contributed by atoms with van der Waals surface area (Å²) in [6.07, 6.45) is 2.67. The van der Waals surface area contributed by atoms with Crippen LogP contribution in [0.2, 0.25) is 10.0 Å². The zero-order chi connectivity index (χ0) is 22.3. The number of benzene rings is 2. The molecule has 0 aliphatic carbocycles. The molecule has 2 bridgehead atoms. The molecule has 0 saturated carbocycles. The number of nitrogens with one attached hydrogen (secondary N) is 2. The van der Waals surface area contributed by atoms with E-state index < -0.39 is 5.92 Å². The van der Waals surface area contributed by atoms with Gasteiger partial charge in [0, 0.05) is 29.2 Å². The molecule has 1 heterocycles. The molecule has 30 heavy (non-hydrogen) atoms. The summed E-state index contributed by atoms with van der Waals surface area (Å²) in [5, 5.41) is 6.79. The second kappa shape index (κ2) is 11.0. The number of hydrogen-bond donors (Lipinski definition) is 2. The van der Waals surface area contributed by atoms with Crippen LogP contribution in [-0.4, -0.2) is 18.9 Å². The van der Waals surface area contributed by atoms with Crippen molar-refractivity contribution in [2.24, 2.45) is 5.92 Å². The number of anilines is 1. The molecule has 0 spiro atoms. The average Bonchev–Trinajstić information content (AvgIpc) is 2.66. The molecule has 0 saturated heterocycles. The summed E-state index contributed by atoms with van der Waals surface area (Å²) < 4.78 is 0. The zero-order valence-corrected chi connectivity index (χ0v) is 18.9. The second-order valence-electron chi connectivity index (χ2n) is 7.08. The summed E-state index contributed by atoms with van der Waals surface area (Å²) >= 11 is 11.7. The van der Waals surface area contributed by atoms with Gasteiger partial charge in [0.2, 0.25) is 11.8 Å². The maximum atomic E-state index is 12.6. The lowest BCUT2D eigenvalue weighted by molar-refractivity contribution is -0.120. The molecular formula is C24H26Cl2N2O2. The van der Waals surface area contributed by atoms with Crippen molar-refractivity contribution in [3.63, 3.8) is 0 Å². The van der Waals surface area contributed by atoms with Crippen LogP contribution in [0.1, 0.15) is 30.9 Å². The Bertz CT molecular complexity index is 966. The van der Waals surface area contributed by atoms with Crippen molar-refractivity contribution in [2.75, 3.05) is 12.4 Å². The molecule has 158 valence electrons. The zero-order valence-electron chi connectivity index (χ0n) is 17.4. The van der Waals surface area contributed by atoms with Crippen molar-refractivity contribution < 1.29 is 9.59 Å². The monoisotopic (exact) mass is 444 g/mol. The summed E-state index contributed by atoms with van der Waals surface area (Å²) in [5.41, 5.74) is 4.21. The maximum absolute atomic E-state index is 12.6. The molecule has 1 unspecified atom stereocenters. The SMILES string of the molecule is C=C(CC)C1C(=O)Nc2cc(Cl)cc(c2)/C=C\1CC(=O)NC.Cc1cccc(Cl)c1. The second-order valence-corrected chi connectivity index (χ2v) is 7.95. The highest BCUT2D eigenvalue weighted by Gasteiger charge is 2.28. The Kier molecular flexibility index (Phi) is 8.70. The minimum atomic E-state index is -0.514. The van der Waals surface area contributed by atoms with Crippen molar-refractivity contribution in [3.05, 3.63) is 81.4 Å². The topological polar surface area (TPSA) is 58.2 Å². The van der Waals surface area contributed by atoms with E-state index in [1.54, 1.807) is 19.2 Å². The minimum Gasteiger partial charge on any atom is -0.359 e. The van der Waals surface area contributed by atoms with Crippen molar-refractivity contribution in [3.8, 4) is 0 Å². The third-order valence-corrected chi connectivity index (χ3v) is 5.11. The fraction of sp³-hybridized carbons (Fsp3) is 0.250. The van der Waals surface area contributed by atoms with Gasteiger partial charge in [-0.15, -0.1) is 0 Å². The van der Waals surface area contributed by atoms with E-state index in [4.69, 9.17) is 23.2 Å². The highest BCUT2D eigenvalue weighted by molar-refractivity contribution is 6.31. The molecule has 1 atom stereocenters. The lowest BCUT2D eigenvalue weighted by Gasteiger charge is -2.24. The molecule has 2 aromatic rings. The summed E-state index contributed by atoms with van der Waals surface area (Å²) in [7, 11) is 1.58. The van der Waals surface area contributed by atoms with Gasteiger partial charge in [-0.1, -0.05) is 60.5 Å². The van der Waals surface area contributed by atoms with Gasteiger partial charge in [-0.05, 0) is 60.4 Å². The van der Waals surface area contributed by atoms with E-state index in [1.807, 2.05) is 50.3 Å². The van der Waals surface area contributed by atoms with E-state index in [0.717, 1.165) is 21.7 Å². The number of amides is 2. The van der Waals surface area contributed by atoms with Crippen LogP contribution in [0.3, 0.4) is 0 Å². The van der Waals surface area contributed by atoms with Crippen LogP contribution in [0, 0.1) is 12.8 Å². The van der Waals surface area contributed by atoms with Gasteiger partial charge < -0.3 is 10.6 Å². The average molecular weight is 445 g/mol. The first-order valence-electron chi connectivity index (χ1n) is 9.65. The number of rotatable bonds is 4. The predicted octanol–water partition coefficient (Wildman–Crippen LogP) is 6.04. The van der Waals surface area contributed by atoms with Crippen molar-refractivity contribution in [1.82, 2.24) is 5.32 Å². The summed E-state index contributed by atoms with van der Waals surface area (Å²) in [6.45, 7) is 7.96. The van der Waals surface area contributed by atoms with Crippen LogP contribution in [0.25, 0.3) is 6.08 Å². The lowest BCUT2D eigenvalue weighted by atomic mass is 9.85. The molecule has 6 heteroatoms. The Hall–Kier alpha value is -2.56. The first-order valence-corrected chi connectivity index (χ1v) is 10.4. The van der Waals surface area contributed by atoms with Gasteiger partial charge in [0.25, 0.3) is 0 Å². The lowest BCUT2D eigenvalue weighted by Crippen LogP contribution is -2.29. The number of halogens is 2. The quantitative estimate of drug-likeness (QED) is 0.564. The van der Waals surface area contributed by atoms with E-state index in [-0.39, 0.29) is 18.2 Å². The summed E-state index contributed by atoms with van der Waals surface area (Å²) in [5.74, 6) is -0.842. The summed E-state index contributed by atoms with van der Waals surface area (Å²) in [4.78, 5) is 24.4. The number of carbonyl (C=O) groups is 2. The molecule has 3 rings (SSSR count). The normalized spacial score (nSPS) is 16.6. The van der Waals surface area contributed by atoms with Crippen LogP contribution in [0.15, 0.2) is 60.2 Å². The molecule has 0 aromatic heterocycles. The van der Waals surface area contributed by atoms with E-state index >= 15 is 0 Å². The Morgan fingerprint density at radius 3 is 2.47 bits per heavy atom. The standard InChI is InChI=1S/C17H19ClN2O2.C7H7Cl/c1-4-10(2)16-12(8-15(21)19-3)5-11-6-13(18)9-14(7-11)20-17(16)22;1-6-3-2-4-7(8)5-6/h5-7,9,16H,2,4,8H2,1,3H3,(H,19,21)(H,20,22);2-5H,1H3/b12-5-;. The largest absolute Gasteiger partial charge is 0.359 e.